The van der Waals surface area contributed by atoms with Crippen molar-refractivity contribution < 1.29 is 19.1 Å². The Kier molecular flexibility index (Phi) is 14.0. The van der Waals surface area contributed by atoms with Crippen molar-refractivity contribution in [1.29, 1.82) is 0 Å². The van der Waals surface area contributed by atoms with E-state index in [-0.39, 0.29) is 23.8 Å². The average molecular weight is 351 g/mol. The first-order valence-electron chi connectivity index (χ1n) is 8.07. The van der Waals surface area contributed by atoms with Gasteiger partial charge in [-0.1, -0.05) is 39.5 Å². The van der Waals surface area contributed by atoms with Crippen molar-refractivity contribution in [2.45, 2.75) is 52.4 Å². The van der Waals surface area contributed by atoms with E-state index in [1.165, 1.54) is 0 Å². The van der Waals surface area contributed by atoms with E-state index in [9.17, 15) is 9.59 Å². The van der Waals surface area contributed by atoms with Crippen LogP contribution < -0.4 is 0 Å². The number of esters is 2. The highest BCUT2D eigenvalue weighted by Gasteiger charge is 2.12. The van der Waals surface area contributed by atoms with E-state index >= 15 is 0 Å². The van der Waals surface area contributed by atoms with Crippen molar-refractivity contribution in [2.24, 2.45) is 11.8 Å². The minimum atomic E-state index is -0.160. The summed E-state index contributed by atoms with van der Waals surface area (Å²) in [7, 11) is 0. The maximum atomic E-state index is 11.4. The Morgan fingerprint density at radius 2 is 1.05 bits per heavy atom. The molecule has 0 aromatic carbocycles. The molecule has 0 saturated heterocycles. The highest BCUT2D eigenvalue weighted by atomic mass is 32.1. The van der Waals surface area contributed by atoms with Crippen molar-refractivity contribution in [2.75, 3.05) is 24.7 Å². The summed E-state index contributed by atoms with van der Waals surface area (Å²) in [6.07, 6.45) is 6.14. The summed E-state index contributed by atoms with van der Waals surface area (Å²) in [6, 6.07) is 0. The Labute approximate surface area is 145 Å². The second kappa shape index (κ2) is 14.2. The first-order valence-corrected chi connectivity index (χ1v) is 9.34. The average Bonchev–Trinajstić information content (AvgIpc) is 2.54. The van der Waals surface area contributed by atoms with Crippen LogP contribution in [0.25, 0.3) is 0 Å². The summed E-state index contributed by atoms with van der Waals surface area (Å²) in [5.74, 6) is 0.471. The molecule has 2 unspecified atom stereocenters. The fourth-order valence-corrected chi connectivity index (χ4v) is 1.99. The number of thiol groups is 2. The number of hydrogen-bond acceptors (Lipinski definition) is 6. The SMILES string of the molecule is CC(CS)C(=O)OCCCCCCCCOC(=O)C(C)CS. The predicted octanol–water partition coefficient (Wildman–Crippen LogP) is 3.55. The molecule has 0 aromatic heterocycles. The highest BCUT2D eigenvalue weighted by molar-refractivity contribution is 7.80. The summed E-state index contributed by atoms with van der Waals surface area (Å²) in [4.78, 5) is 22.8. The lowest BCUT2D eigenvalue weighted by Gasteiger charge is -2.09. The van der Waals surface area contributed by atoms with Crippen LogP contribution in [-0.2, 0) is 19.1 Å². The molecule has 0 heterocycles. The molecule has 0 bridgehead atoms. The van der Waals surface area contributed by atoms with Crippen LogP contribution >= 0.6 is 25.3 Å². The van der Waals surface area contributed by atoms with E-state index in [1.54, 1.807) is 0 Å². The van der Waals surface area contributed by atoms with E-state index in [1.807, 2.05) is 13.8 Å². The number of rotatable bonds is 13. The Bertz CT molecular complexity index is 281. The van der Waals surface area contributed by atoms with Gasteiger partial charge in [0.1, 0.15) is 0 Å². The molecule has 0 radical (unpaired) electrons. The molecule has 0 aliphatic heterocycles. The molecule has 0 fully saturated rings. The van der Waals surface area contributed by atoms with Gasteiger partial charge < -0.3 is 9.47 Å². The van der Waals surface area contributed by atoms with Crippen LogP contribution in [0.1, 0.15) is 52.4 Å². The van der Waals surface area contributed by atoms with Crippen LogP contribution in [0.2, 0.25) is 0 Å². The molecule has 0 aliphatic carbocycles. The van der Waals surface area contributed by atoms with E-state index in [4.69, 9.17) is 9.47 Å². The fraction of sp³-hybridized carbons (Fsp3) is 0.875. The molecular weight excluding hydrogens is 320 g/mol. The van der Waals surface area contributed by atoms with Crippen LogP contribution in [0.4, 0.5) is 0 Å². The summed E-state index contributed by atoms with van der Waals surface area (Å²) >= 11 is 8.13. The third kappa shape index (κ3) is 11.2. The number of ether oxygens (including phenoxy) is 2. The van der Waals surface area contributed by atoms with Crippen molar-refractivity contribution in [3.8, 4) is 0 Å². The van der Waals surface area contributed by atoms with Crippen LogP contribution in [0.3, 0.4) is 0 Å². The van der Waals surface area contributed by atoms with Crippen molar-refractivity contribution in [3.63, 3.8) is 0 Å². The molecule has 0 amide bonds. The zero-order chi connectivity index (χ0) is 16.8. The van der Waals surface area contributed by atoms with Gasteiger partial charge in [0.05, 0.1) is 25.0 Å². The molecule has 0 aromatic rings. The van der Waals surface area contributed by atoms with E-state index < -0.39 is 0 Å². The van der Waals surface area contributed by atoms with Crippen molar-refractivity contribution in [3.05, 3.63) is 0 Å². The molecule has 0 saturated carbocycles. The number of carbonyl (C=O) groups is 2. The molecule has 2 atom stereocenters. The third-order valence-electron chi connectivity index (χ3n) is 3.38. The molecular formula is C16H30O4S2. The maximum absolute atomic E-state index is 11.4. The zero-order valence-corrected chi connectivity index (χ0v) is 15.5. The largest absolute Gasteiger partial charge is 0.465 e. The van der Waals surface area contributed by atoms with Crippen LogP contribution in [0, 0.1) is 11.8 Å². The molecule has 6 heteroatoms. The summed E-state index contributed by atoms with van der Waals surface area (Å²) in [6.45, 7) is 4.63. The van der Waals surface area contributed by atoms with Gasteiger partial charge in [0.15, 0.2) is 0 Å². The van der Waals surface area contributed by atoms with Gasteiger partial charge in [-0.25, -0.2) is 0 Å². The van der Waals surface area contributed by atoms with Gasteiger partial charge in [-0.2, -0.15) is 25.3 Å². The molecule has 4 nitrogen and oxygen atoms in total. The monoisotopic (exact) mass is 350 g/mol. The smallest absolute Gasteiger partial charge is 0.309 e. The number of carbonyl (C=O) groups excluding carboxylic acids is 2. The van der Waals surface area contributed by atoms with Gasteiger partial charge in [0.2, 0.25) is 0 Å². The molecule has 0 aliphatic rings. The molecule has 0 spiro atoms. The van der Waals surface area contributed by atoms with E-state index in [0.29, 0.717) is 24.7 Å². The minimum absolute atomic E-state index is 0.128. The van der Waals surface area contributed by atoms with Gasteiger partial charge in [-0.15, -0.1) is 0 Å². The van der Waals surface area contributed by atoms with Crippen molar-refractivity contribution >= 4 is 37.2 Å². The zero-order valence-electron chi connectivity index (χ0n) is 13.8. The van der Waals surface area contributed by atoms with Gasteiger partial charge in [-0.3, -0.25) is 9.59 Å². The van der Waals surface area contributed by atoms with E-state index in [0.717, 1.165) is 38.5 Å². The minimum Gasteiger partial charge on any atom is -0.465 e. The molecule has 22 heavy (non-hydrogen) atoms. The first kappa shape index (κ1) is 21.6. The second-order valence-corrected chi connectivity index (χ2v) is 6.35. The molecule has 0 rings (SSSR count). The standard InChI is InChI=1S/C16H30O4S2/c1-13(11-21)15(17)19-9-7-5-3-4-6-8-10-20-16(18)14(2)12-22/h13-14,21-22H,3-12H2,1-2H3. The van der Waals surface area contributed by atoms with Gasteiger partial charge in [-0.05, 0) is 12.8 Å². The Morgan fingerprint density at radius 3 is 1.36 bits per heavy atom. The number of unbranched alkanes of at least 4 members (excludes halogenated alkanes) is 5. The van der Waals surface area contributed by atoms with Crippen LogP contribution in [-0.4, -0.2) is 36.7 Å². The first-order chi connectivity index (χ1) is 10.5. The topological polar surface area (TPSA) is 52.6 Å². The lowest BCUT2D eigenvalue weighted by Crippen LogP contribution is -2.16. The van der Waals surface area contributed by atoms with Gasteiger partial charge in [0, 0.05) is 11.5 Å². The predicted molar refractivity (Wildman–Crippen MR) is 95.7 cm³/mol. The normalized spacial score (nSPS) is 13.5. The Hall–Kier alpha value is -0.360. The van der Waals surface area contributed by atoms with Gasteiger partial charge >= 0.3 is 11.9 Å². The van der Waals surface area contributed by atoms with Gasteiger partial charge in [0.25, 0.3) is 0 Å². The van der Waals surface area contributed by atoms with Crippen molar-refractivity contribution in [1.82, 2.24) is 0 Å². The maximum Gasteiger partial charge on any atom is 0.309 e. The summed E-state index contributed by atoms with van der Waals surface area (Å²) in [5, 5.41) is 0. The Morgan fingerprint density at radius 1 is 0.727 bits per heavy atom. The highest BCUT2D eigenvalue weighted by Crippen LogP contribution is 2.08. The fourth-order valence-electron chi connectivity index (χ4n) is 1.69. The third-order valence-corrected chi connectivity index (χ3v) is 4.48. The quantitative estimate of drug-likeness (QED) is 0.303. The second-order valence-electron chi connectivity index (χ2n) is 5.62. The molecule has 0 N–H and O–H groups in total. The number of hydrogen-bond donors (Lipinski definition) is 2. The molecule has 130 valence electrons. The summed E-state index contributed by atoms with van der Waals surface area (Å²) < 4.78 is 10.3. The van der Waals surface area contributed by atoms with E-state index in [2.05, 4.69) is 25.3 Å². The lowest BCUT2D eigenvalue weighted by atomic mass is 10.1. The Balaban J connectivity index is 3.31. The van der Waals surface area contributed by atoms with Crippen LogP contribution in [0.15, 0.2) is 0 Å². The van der Waals surface area contributed by atoms with Crippen LogP contribution in [0.5, 0.6) is 0 Å². The lowest BCUT2D eigenvalue weighted by molar-refractivity contribution is -0.148. The summed E-state index contributed by atoms with van der Waals surface area (Å²) in [5.41, 5.74) is 0.